The van der Waals surface area contributed by atoms with Crippen LogP contribution in [0.25, 0.3) is 0 Å². The summed E-state index contributed by atoms with van der Waals surface area (Å²) in [6.45, 7) is 4.29. The van der Waals surface area contributed by atoms with Crippen molar-refractivity contribution in [1.82, 2.24) is 5.32 Å². The van der Waals surface area contributed by atoms with Gasteiger partial charge in [0.1, 0.15) is 11.6 Å². The van der Waals surface area contributed by atoms with Crippen LogP contribution >= 0.6 is 15.9 Å². The van der Waals surface area contributed by atoms with E-state index in [2.05, 4.69) is 35.1 Å². The first-order valence-corrected chi connectivity index (χ1v) is 7.04. The monoisotopic (exact) mass is 319 g/mol. The molecule has 1 unspecified atom stereocenters. The molecule has 0 heterocycles. The molecule has 0 aliphatic carbocycles. The highest BCUT2D eigenvalue weighted by molar-refractivity contribution is 9.10. The lowest BCUT2D eigenvalue weighted by molar-refractivity contribution is 0.436. The molecule has 1 aromatic rings. The van der Waals surface area contributed by atoms with Gasteiger partial charge in [0, 0.05) is 11.6 Å². The minimum atomic E-state index is -0.486. The van der Waals surface area contributed by atoms with Gasteiger partial charge in [-0.3, -0.25) is 0 Å². The molecule has 0 amide bonds. The zero-order valence-electron chi connectivity index (χ0n) is 11.1. The number of likely N-dealkylation sites (N-methyl/N-ethyl adjacent to an activating group) is 1. The smallest absolute Gasteiger partial charge is 0.143 e. The second-order valence-electron chi connectivity index (χ2n) is 4.98. The first kappa shape index (κ1) is 15.6. The van der Waals surface area contributed by atoms with Crippen LogP contribution in [0.15, 0.2) is 16.6 Å². The maximum absolute atomic E-state index is 13.8. The lowest BCUT2D eigenvalue weighted by Gasteiger charge is -2.18. The Morgan fingerprint density at radius 2 is 1.89 bits per heavy atom. The molecule has 0 radical (unpaired) electrons. The van der Waals surface area contributed by atoms with Crippen LogP contribution in [0.4, 0.5) is 8.78 Å². The van der Waals surface area contributed by atoms with E-state index < -0.39 is 11.6 Å². The summed E-state index contributed by atoms with van der Waals surface area (Å²) in [5.74, 6) is -0.363. The number of hydrogen-bond donors (Lipinski definition) is 1. The normalized spacial score (nSPS) is 13.1. The number of hydrogen-bond acceptors (Lipinski definition) is 1. The average Bonchev–Trinajstić information content (AvgIpc) is 2.33. The Morgan fingerprint density at radius 1 is 1.22 bits per heavy atom. The van der Waals surface area contributed by atoms with E-state index in [0.29, 0.717) is 16.8 Å². The third kappa shape index (κ3) is 4.32. The molecule has 1 nitrogen and oxygen atoms in total. The van der Waals surface area contributed by atoms with Crippen molar-refractivity contribution in [1.29, 1.82) is 0 Å². The van der Waals surface area contributed by atoms with Crippen LogP contribution in [-0.4, -0.2) is 13.1 Å². The first-order chi connectivity index (χ1) is 8.45. The third-order valence-corrected chi connectivity index (χ3v) is 3.70. The fraction of sp³-hybridized carbons (Fsp3) is 0.571. The molecule has 4 heteroatoms. The molecular formula is C14H20BrF2N. The second kappa shape index (κ2) is 7.19. The van der Waals surface area contributed by atoms with Gasteiger partial charge in [-0.1, -0.05) is 13.8 Å². The SMILES string of the molecule is CNC(CCC(C)C)Cc1c(F)ccc(Br)c1F. The van der Waals surface area contributed by atoms with Gasteiger partial charge in [0.05, 0.1) is 4.47 Å². The minimum Gasteiger partial charge on any atom is -0.317 e. The molecule has 0 spiro atoms. The van der Waals surface area contributed by atoms with E-state index in [-0.39, 0.29) is 11.6 Å². The fourth-order valence-electron chi connectivity index (χ4n) is 1.89. The number of rotatable bonds is 6. The van der Waals surface area contributed by atoms with Crippen molar-refractivity contribution in [2.24, 2.45) is 5.92 Å². The molecular weight excluding hydrogens is 300 g/mol. The number of halogens is 3. The lowest BCUT2D eigenvalue weighted by Crippen LogP contribution is -2.28. The Balaban J connectivity index is 2.78. The van der Waals surface area contributed by atoms with E-state index in [4.69, 9.17) is 0 Å². The number of benzene rings is 1. The Hall–Kier alpha value is -0.480. The Bertz CT molecular complexity index is 394. The van der Waals surface area contributed by atoms with Gasteiger partial charge < -0.3 is 5.32 Å². The number of nitrogens with one attached hydrogen (secondary N) is 1. The standard InChI is InChI=1S/C14H20BrF2N/c1-9(2)4-5-10(18-3)8-11-13(16)7-6-12(15)14(11)17/h6-7,9-10,18H,4-5,8H2,1-3H3. The van der Waals surface area contributed by atoms with Crippen LogP contribution in [0, 0.1) is 17.6 Å². The topological polar surface area (TPSA) is 12.0 Å². The summed E-state index contributed by atoms with van der Waals surface area (Å²) in [5, 5.41) is 3.13. The largest absolute Gasteiger partial charge is 0.317 e. The van der Waals surface area contributed by atoms with E-state index >= 15 is 0 Å². The highest BCUT2D eigenvalue weighted by Gasteiger charge is 2.17. The molecule has 1 atom stereocenters. The predicted octanol–water partition coefficient (Wildman–Crippen LogP) is 4.29. The van der Waals surface area contributed by atoms with Crippen LogP contribution in [0.5, 0.6) is 0 Å². The summed E-state index contributed by atoms with van der Waals surface area (Å²) in [6.07, 6.45) is 2.34. The van der Waals surface area contributed by atoms with Gasteiger partial charge in [0.25, 0.3) is 0 Å². The van der Waals surface area contributed by atoms with Gasteiger partial charge in [0.2, 0.25) is 0 Å². The molecule has 0 bridgehead atoms. The van der Waals surface area contributed by atoms with Crippen molar-refractivity contribution in [3.63, 3.8) is 0 Å². The van der Waals surface area contributed by atoms with Crippen LogP contribution in [0.3, 0.4) is 0 Å². The summed E-state index contributed by atoms with van der Waals surface area (Å²) < 4.78 is 27.8. The Labute approximate surface area is 116 Å². The van der Waals surface area contributed by atoms with E-state index in [9.17, 15) is 8.78 Å². The van der Waals surface area contributed by atoms with Gasteiger partial charge in [-0.05, 0) is 60.3 Å². The quantitative estimate of drug-likeness (QED) is 0.771. The van der Waals surface area contributed by atoms with Crippen LogP contribution in [0.1, 0.15) is 32.3 Å². The molecule has 0 saturated carbocycles. The Morgan fingerprint density at radius 3 is 2.44 bits per heavy atom. The minimum absolute atomic E-state index is 0.102. The van der Waals surface area contributed by atoms with Crippen LogP contribution < -0.4 is 5.32 Å². The average molecular weight is 320 g/mol. The molecule has 1 aromatic carbocycles. The molecule has 0 fully saturated rings. The first-order valence-electron chi connectivity index (χ1n) is 6.25. The molecule has 102 valence electrons. The van der Waals surface area contributed by atoms with Crippen LogP contribution in [0.2, 0.25) is 0 Å². The molecule has 18 heavy (non-hydrogen) atoms. The van der Waals surface area contributed by atoms with Gasteiger partial charge in [0.15, 0.2) is 0 Å². The fourth-order valence-corrected chi connectivity index (χ4v) is 2.26. The summed E-state index contributed by atoms with van der Waals surface area (Å²) in [4.78, 5) is 0. The summed E-state index contributed by atoms with van der Waals surface area (Å²) in [7, 11) is 1.83. The molecule has 0 aliphatic rings. The van der Waals surface area contributed by atoms with Gasteiger partial charge in [-0.2, -0.15) is 0 Å². The van der Waals surface area contributed by atoms with Gasteiger partial charge in [-0.15, -0.1) is 0 Å². The summed E-state index contributed by atoms with van der Waals surface area (Å²) >= 11 is 3.09. The van der Waals surface area contributed by atoms with Crippen molar-refractivity contribution in [3.8, 4) is 0 Å². The molecule has 0 saturated heterocycles. The highest BCUT2D eigenvalue weighted by atomic mass is 79.9. The van der Waals surface area contributed by atoms with Gasteiger partial charge in [-0.25, -0.2) is 8.78 Å². The second-order valence-corrected chi connectivity index (χ2v) is 5.84. The van der Waals surface area contributed by atoms with Crippen molar-refractivity contribution in [2.45, 2.75) is 39.2 Å². The summed E-state index contributed by atoms with van der Waals surface area (Å²) in [6, 6.07) is 2.81. The molecule has 1 N–H and O–H groups in total. The predicted molar refractivity (Wildman–Crippen MR) is 74.7 cm³/mol. The van der Waals surface area contributed by atoms with Crippen molar-refractivity contribution in [3.05, 3.63) is 33.8 Å². The van der Waals surface area contributed by atoms with E-state index in [1.807, 2.05) is 7.05 Å². The van der Waals surface area contributed by atoms with E-state index in [1.54, 1.807) is 0 Å². The third-order valence-electron chi connectivity index (χ3n) is 3.09. The molecule has 0 aromatic heterocycles. The zero-order chi connectivity index (χ0) is 13.7. The summed E-state index contributed by atoms with van der Waals surface area (Å²) in [5.41, 5.74) is 0.160. The van der Waals surface area contributed by atoms with Crippen molar-refractivity contribution < 1.29 is 8.78 Å². The molecule has 0 aliphatic heterocycles. The zero-order valence-corrected chi connectivity index (χ0v) is 12.7. The van der Waals surface area contributed by atoms with E-state index in [1.165, 1.54) is 12.1 Å². The molecule has 1 rings (SSSR count). The highest BCUT2D eigenvalue weighted by Crippen LogP contribution is 2.23. The van der Waals surface area contributed by atoms with Gasteiger partial charge >= 0.3 is 0 Å². The van der Waals surface area contributed by atoms with E-state index in [0.717, 1.165) is 12.8 Å². The lowest BCUT2D eigenvalue weighted by atomic mass is 9.97. The maximum atomic E-state index is 13.8. The maximum Gasteiger partial charge on any atom is 0.143 e. The van der Waals surface area contributed by atoms with Crippen molar-refractivity contribution >= 4 is 15.9 Å². The van der Waals surface area contributed by atoms with Crippen LogP contribution in [-0.2, 0) is 6.42 Å². The Kier molecular flexibility index (Phi) is 6.22. The van der Waals surface area contributed by atoms with Crippen molar-refractivity contribution in [2.75, 3.05) is 7.05 Å².